The van der Waals surface area contributed by atoms with Crippen molar-refractivity contribution < 1.29 is 0 Å². The van der Waals surface area contributed by atoms with Crippen LogP contribution in [0.5, 0.6) is 0 Å². The average molecular weight is 843 g/mol. The second-order valence-corrected chi connectivity index (χ2v) is 19.3. The lowest BCUT2D eigenvalue weighted by atomic mass is 9.80. The zero-order valence-electron chi connectivity index (χ0n) is 37.5. The molecule has 0 unspecified atom stereocenters. The van der Waals surface area contributed by atoms with Gasteiger partial charge in [-0.25, -0.2) is 9.97 Å². The van der Waals surface area contributed by atoms with E-state index in [9.17, 15) is 0 Å². The second kappa shape index (κ2) is 14.3. The number of aromatic nitrogens is 2. The molecule has 0 atom stereocenters. The Morgan fingerprint density at radius 2 is 0.788 bits per heavy atom. The third kappa shape index (κ3) is 5.67. The topological polar surface area (TPSA) is 25.8 Å². The maximum absolute atomic E-state index is 5.36. The Labute approximate surface area is 385 Å². The lowest BCUT2D eigenvalue weighted by molar-refractivity contribution is 0.660. The van der Waals surface area contributed by atoms with Gasteiger partial charge in [0, 0.05) is 27.5 Å². The molecule has 11 aromatic rings. The van der Waals surface area contributed by atoms with Gasteiger partial charge in [-0.3, -0.25) is 0 Å². The summed E-state index contributed by atoms with van der Waals surface area (Å²) in [5.41, 5.74) is 20.4. The first-order valence-corrected chi connectivity index (χ1v) is 23.1. The van der Waals surface area contributed by atoms with Crippen molar-refractivity contribution in [3.8, 4) is 78.4 Å². The molecular formula is C64H46N2. The minimum atomic E-state index is -0.116. The molecule has 0 radical (unpaired) electrons. The Morgan fingerprint density at radius 1 is 0.288 bits per heavy atom. The van der Waals surface area contributed by atoms with Crippen LogP contribution < -0.4 is 0 Å². The minimum Gasteiger partial charge on any atom is -0.228 e. The predicted octanol–water partition coefficient (Wildman–Crippen LogP) is 16.9. The van der Waals surface area contributed by atoms with Crippen molar-refractivity contribution in [3.63, 3.8) is 0 Å². The molecule has 0 saturated carbocycles. The van der Waals surface area contributed by atoms with Crippen molar-refractivity contribution in [3.05, 3.63) is 229 Å². The van der Waals surface area contributed by atoms with E-state index in [1.54, 1.807) is 0 Å². The molecule has 0 bridgehead atoms. The average Bonchev–Trinajstić information content (AvgIpc) is 3.73. The highest BCUT2D eigenvalue weighted by Gasteiger charge is 2.38. The maximum atomic E-state index is 5.36. The smallest absolute Gasteiger partial charge is 0.160 e. The van der Waals surface area contributed by atoms with Crippen LogP contribution in [0.1, 0.15) is 49.9 Å². The molecule has 0 spiro atoms. The zero-order valence-corrected chi connectivity index (χ0v) is 37.5. The summed E-state index contributed by atoms with van der Waals surface area (Å²) in [6, 6.07) is 75.8. The fourth-order valence-corrected chi connectivity index (χ4v) is 11.5. The summed E-state index contributed by atoms with van der Waals surface area (Å²) >= 11 is 0. The van der Waals surface area contributed by atoms with Crippen LogP contribution in [-0.2, 0) is 10.8 Å². The van der Waals surface area contributed by atoms with Crippen LogP contribution in [0.25, 0.3) is 111 Å². The van der Waals surface area contributed by atoms with E-state index in [4.69, 9.17) is 9.97 Å². The summed E-state index contributed by atoms with van der Waals surface area (Å²) in [5, 5.41) is 7.41. The van der Waals surface area contributed by atoms with Crippen molar-refractivity contribution >= 4 is 32.3 Å². The van der Waals surface area contributed by atoms with Gasteiger partial charge < -0.3 is 0 Å². The van der Waals surface area contributed by atoms with Gasteiger partial charge in [0.25, 0.3) is 0 Å². The SMILES string of the molecule is CC1(C)c2cc(-c3ccc(-c4ccc(-c5cc(-c6cccc7c6-c6ccccc6C7(C)C)nc(-c6ccccc6)n5)c5ccccc45)c4ccccc34)ccc2-c2cc3ccccc3cc21. The van der Waals surface area contributed by atoms with Crippen molar-refractivity contribution in [1.29, 1.82) is 0 Å². The Kier molecular flexibility index (Phi) is 8.33. The van der Waals surface area contributed by atoms with Crippen LogP contribution in [0.4, 0.5) is 0 Å². The van der Waals surface area contributed by atoms with Gasteiger partial charge in [0.2, 0.25) is 0 Å². The molecule has 1 aromatic heterocycles. The van der Waals surface area contributed by atoms with Crippen molar-refractivity contribution in [1.82, 2.24) is 9.97 Å². The third-order valence-electron chi connectivity index (χ3n) is 14.9. The van der Waals surface area contributed by atoms with Gasteiger partial charge in [0.15, 0.2) is 5.82 Å². The molecule has 13 rings (SSSR count). The van der Waals surface area contributed by atoms with Gasteiger partial charge in [-0.05, 0) is 123 Å². The van der Waals surface area contributed by atoms with Gasteiger partial charge >= 0.3 is 0 Å². The van der Waals surface area contributed by atoms with E-state index in [-0.39, 0.29) is 10.8 Å². The summed E-state index contributed by atoms with van der Waals surface area (Å²) in [4.78, 5) is 10.7. The fraction of sp³-hybridized carbons (Fsp3) is 0.0938. The van der Waals surface area contributed by atoms with E-state index in [0.717, 1.165) is 33.5 Å². The van der Waals surface area contributed by atoms with Crippen LogP contribution in [0.2, 0.25) is 0 Å². The monoisotopic (exact) mass is 842 g/mol. The highest BCUT2D eigenvalue weighted by Crippen LogP contribution is 2.53. The molecular weight excluding hydrogens is 797 g/mol. The minimum absolute atomic E-state index is 0.114. The second-order valence-electron chi connectivity index (χ2n) is 19.3. The van der Waals surface area contributed by atoms with Crippen molar-refractivity contribution in [2.24, 2.45) is 0 Å². The van der Waals surface area contributed by atoms with E-state index < -0.39 is 0 Å². The molecule has 0 amide bonds. The van der Waals surface area contributed by atoms with E-state index in [2.05, 4.69) is 228 Å². The van der Waals surface area contributed by atoms with Crippen molar-refractivity contribution in [2.45, 2.75) is 38.5 Å². The number of nitrogens with zero attached hydrogens (tertiary/aromatic N) is 2. The molecule has 10 aromatic carbocycles. The number of hydrogen-bond donors (Lipinski definition) is 0. The van der Waals surface area contributed by atoms with Crippen LogP contribution in [0.15, 0.2) is 206 Å². The van der Waals surface area contributed by atoms with E-state index in [1.165, 1.54) is 93.7 Å². The molecule has 0 N–H and O–H groups in total. The molecule has 0 aliphatic heterocycles. The molecule has 0 saturated heterocycles. The van der Waals surface area contributed by atoms with E-state index in [1.807, 2.05) is 6.07 Å². The van der Waals surface area contributed by atoms with Gasteiger partial charge in [-0.1, -0.05) is 210 Å². The quantitative estimate of drug-likeness (QED) is 0.172. The number of benzene rings is 10. The van der Waals surface area contributed by atoms with Gasteiger partial charge in [-0.15, -0.1) is 0 Å². The van der Waals surface area contributed by atoms with Crippen LogP contribution in [0.3, 0.4) is 0 Å². The van der Waals surface area contributed by atoms with E-state index in [0.29, 0.717) is 5.82 Å². The zero-order chi connectivity index (χ0) is 44.3. The molecule has 1 heterocycles. The summed E-state index contributed by atoms with van der Waals surface area (Å²) in [6.07, 6.45) is 0. The van der Waals surface area contributed by atoms with Gasteiger partial charge in [-0.2, -0.15) is 0 Å². The summed E-state index contributed by atoms with van der Waals surface area (Å²) in [7, 11) is 0. The molecule has 2 aliphatic carbocycles. The highest BCUT2D eigenvalue weighted by atomic mass is 14.9. The summed E-state index contributed by atoms with van der Waals surface area (Å²) < 4.78 is 0. The lowest BCUT2D eigenvalue weighted by Gasteiger charge is -2.22. The molecule has 0 fully saturated rings. The fourth-order valence-electron chi connectivity index (χ4n) is 11.5. The Bertz CT molecular complexity index is 3820. The van der Waals surface area contributed by atoms with Crippen LogP contribution in [0, 0.1) is 0 Å². The first-order valence-electron chi connectivity index (χ1n) is 23.1. The lowest BCUT2D eigenvalue weighted by Crippen LogP contribution is -2.15. The normalized spacial score (nSPS) is 14.0. The molecule has 66 heavy (non-hydrogen) atoms. The first-order chi connectivity index (χ1) is 32.2. The largest absolute Gasteiger partial charge is 0.228 e. The maximum Gasteiger partial charge on any atom is 0.160 e. The number of fused-ring (bicyclic) bond motifs is 9. The third-order valence-corrected chi connectivity index (χ3v) is 14.9. The molecule has 2 heteroatoms. The van der Waals surface area contributed by atoms with Crippen LogP contribution >= 0.6 is 0 Å². The highest BCUT2D eigenvalue weighted by molar-refractivity contribution is 6.12. The van der Waals surface area contributed by atoms with Crippen molar-refractivity contribution in [2.75, 3.05) is 0 Å². The standard InChI is InChI=1S/C64H46N2/c1-63(2)55-27-15-14-25-52(55)61-53(26-16-28-56(61)63)60-38-59(65-62(66-60)39-17-6-5-7-18-39)51-34-33-49(46-23-12-13-24-47(46)51)48-32-31-43(44-21-10-11-22-45(44)48)42-29-30-50-54-35-40-19-8-9-20-41(40)36-58(54)64(3,4)57(50)37-42/h5-38H,1-4H3. The summed E-state index contributed by atoms with van der Waals surface area (Å²) in [5.74, 6) is 0.716. The molecule has 2 aliphatic rings. The number of hydrogen-bond acceptors (Lipinski definition) is 2. The van der Waals surface area contributed by atoms with Gasteiger partial charge in [0.1, 0.15) is 0 Å². The first kappa shape index (κ1) is 38.5. The summed E-state index contributed by atoms with van der Waals surface area (Å²) in [6.45, 7) is 9.43. The Balaban J connectivity index is 0.952. The molecule has 312 valence electrons. The predicted molar refractivity (Wildman–Crippen MR) is 277 cm³/mol. The van der Waals surface area contributed by atoms with E-state index >= 15 is 0 Å². The molecule has 2 nitrogen and oxygen atoms in total. The van der Waals surface area contributed by atoms with Gasteiger partial charge in [0.05, 0.1) is 11.4 Å². The Hall–Kier alpha value is -7.94. The number of rotatable bonds is 5. The Morgan fingerprint density at radius 3 is 1.52 bits per heavy atom. The van der Waals surface area contributed by atoms with Crippen LogP contribution in [-0.4, -0.2) is 9.97 Å².